The van der Waals surface area contributed by atoms with Gasteiger partial charge >= 0.3 is 0 Å². The third-order valence-electron chi connectivity index (χ3n) is 3.04. The van der Waals surface area contributed by atoms with E-state index in [0.29, 0.717) is 11.6 Å². The van der Waals surface area contributed by atoms with Gasteiger partial charge in [-0.25, -0.2) is 9.67 Å². The first-order valence-electron chi connectivity index (χ1n) is 6.73. The number of ether oxygens (including phenoxy) is 1. The molecule has 0 aliphatic heterocycles. The first kappa shape index (κ1) is 13.8. The predicted octanol–water partition coefficient (Wildman–Crippen LogP) is 3.35. The smallest absolute Gasteiger partial charge is 0.217 e. The fourth-order valence-electron chi connectivity index (χ4n) is 2.08. The van der Waals surface area contributed by atoms with Gasteiger partial charge in [0, 0.05) is 13.7 Å². The van der Waals surface area contributed by atoms with Crippen molar-refractivity contribution in [3.8, 4) is 11.6 Å². The molecule has 0 saturated heterocycles. The molecule has 0 unspecified atom stereocenters. The molecule has 0 amide bonds. The van der Waals surface area contributed by atoms with Crippen LogP contribution in [0.4, 0.5) is 0 Å². The summed E-state index contributed by atoms with van der Waals surface area (Å²) in [6.45, 7) is 6.95. The summed E-state index contributed by atoms with van der Waals surface area (Å²) in [4.78, 5) is 4.59. The molecule has 2 aromatic rings. The summed E-state index contributed by atoms with van der Waals surface area (Å²) in [5.74, 6) is 3.07. The summed E-state index contributed by atoms with van der Waals surface area (Å²) in [6.07, 6.45) is 1.85. The minimum Gasteiger partial charge on any atom is -0.458 e. The van der Waals surface area contributed by atoms with Crippen LogP contribution in [0.5, 0.6) is 0 Å². The van der Waals surface area contributed by atoms with Gasteiger partial charge in [-0.15, -0.1) is 5.10 Å². The van der Waals surface area contributed by atoms with Gasteiger partial charge in [0.25, 0.3) is 0 Å². The summed E-state index contributed by atoms with van der Waals surface area (Å²) in [6, 6.07) is 3.82. The Morgan fingerprint density at radius 3 is 2.68 bits per heavy atom. The van der Waals surface area contributed by atoms with Gasteiger partial charge < -0.3 is 9.15 Å². The lowest BCUT2D eigenvalue weighted by Crippen LogP contribution is -2.11. The van der Waals surface area contributed by atoms with Gasteiger partial charge in [-0.3, -0.25) is 0 Å². The van der Waals surface area contributed by atoms with Crippen molar-refractivity contribution < 1.29 is 9.15 Å². The van der Waals surface area contributed by atoms with Gasteiger partial charge in [0.15, 0.2) is 11.6 Å². The average Bonchev–Trinajstić information content (AvgIpc) is 2.99. The normalized spacial score (nSPS) is 12.8. The molecule has 0 aliphatic carbocycles. The molecular weight excluding hydrogens is 242 g/mol. The van der Waals surface area contributed by atoms with Crippen molar-refractivity contribution in [2.24, 2.45) is 0 Å². The molecular formula is C14H21N3O2. The quantitative estimate of drug-likeness (QED) is 0.802. The highest BCUT2D eigenvalue weighted by atomic mass is 16.5. The molecule has 0 bridgehead atoms. The maximum Gasteiger partial charge on any atom is 0.217 e. The largest absolute Gasteiger partial charge is 0.458 e. The molecule has 2 aromatic heterocycles. The molecule has 0 N–H and O–H groups in total. The number of hydrogen-bond donors (Lipinski definition) is 0. The van der Waals surface area contributed by atoms with Crippen LogP contribution in [0.1, 0.15) is 44.4 Å². The molecule has 0 fully saturated rings. The Labute approximate surface area is 113 Å². The topological polar surface area (TPSA) is 53.1 Å². The Kier molecular flexibility index (Phi) is 4.37. The first-order chi connectivity index (χ1) is 9.19. The fraction of sp³-hybridized carbons (Fsp3) is 0.571. The highest BCUT2D eigenvalue weighted by Crippen LogP contribution is 2.24. The monoisotopic (exact) mass is 263 g/mol. The van der Waals surface area contributed by atoms with E-state index >= 15 is 0 Å². The Bertz CT molecular complexity index is 527. The summed E-state index contributed by atoms with van der Waals surface area (Å²) in [7, 11) is 1.70. The number of rotatable bonds is 6. The molecule has 0 aromatic carbocycles. The standard InChI is InChI=1S/C14H21N3O2/c1-5-9-17-14(11(6-2)18-4)15-13(16-17)12-8-7-10(3)19-12/h7-8,11H,5-6,9H2,1-4H3/t11-/m1/s1. The van der Waals surface area contributed by atoms with Gasteiger partial charge in [0.2, 0.25) is 5.82 Å². The maximum absolute atomic E-state index is 5.58. The Balaban J connectivity index is 2.39. The lowest BCUT2D eigenvalue weighted by Gasteiger charge is -2.12. The number of aryl methyl sites for hydroxylation is 2. The highest BCUT2D eigenvalue weighted by Gasteiger charge is 2.20. The van der Waals surface area contributed by atoms with Gasteiger partial charge in [-0.2, -0.15) is 0 Å². The Morgan fingerprint density at radius 1 is 1.37 bits per heavy atom. The average molecular weight is 263 g/mol. The van der Waals surface area contributed by atoms with Crippen LogP contribution < -0.4 is 0 Å². The van der Waals surface area contributed by atoms with E-state index in [4.69, 9.17) is 9.15 Å². The van der Waals surface area contributed by atoms with Crippen LogP contribution >= 0.6 is 0 Å². The van der Waals surface area contributed by atoms with Crippen LogP contribution in [0.3, 0.4) is 0 Å². The Morgan fingerprint density at radius 2 is 2.16 bits per heavy atom. The maximum atomic E-state index is 5.58. The lowest BCUT2D eigenvalue weighted by molar-refractivity contribution is 0.0883. The molecule has 0 aliphatic rings. The second-order valence-electron chi connectivity index (χ2n) is 4.56. The van der Waals surface area contributed by atoms with E-state index in [-0.39, 0.29) is 6.10 Å². The minimum absolute atomic E-state index is 0.0242. The first-order valence-corrected chi connectivity index (χ1v) is 6.73. The molecule has 5 heteroatoms. The SMILES string of the molecule is CCCn1nc(-c2ccc(C)o2)nc1[C@@H](CC)OC. The predicted molar refractivity (Wildman–Crippen MR) is 72.8 cm³/mol. The second-order valence-corrected chi connectivity index (χ2v) is 4.56. The van der Waals surface area contributed by atoms with Crippen LogP contribution in [0.25, 0.3) is 11.6 Å². The van der Waals surface area contributed by atoms with Crippen LogP contribution in [0.15, 0.2) is 16.5 Å². The van der Waals surface area contributed by atoms with Gasteiger partial charge in [0.1, 0.15) is 11.9 Å². The van der Waals surface area contributed by atoms with Crippen molar-refractivity contribution in [1.29, 1.82) is 0 Å². The van der Waals surface area contributed by atoms with Crippen LogP contribution in [-0.4, -0.2) is 21.9 Å². The van der Waals surface area contributed by atoms with Gasteiger partial charge in [-0.1, -0.05) is 13.8 Å². The van der Waals surface area contributed by atoms with E-state index in [9.17, 15) is 0 Å². The van der Waals surface area contributed by atoms with E-state index in [1.807, 2.05) is 23.7 Å². The number of furan rings is 1. The lowest BCUT2D eigenvalue weighted by atomic mass is 10.2. The van der Waals surface area contributed by atoms with E-state index in [2.05, 4.69) is 23.9 Å². The molecule has 0 radical (unpaired) electrons. The molecule has 2 heterocycles. The zero-order valence-electron chi connectivity index (χ0n) is 12.0. The van der Waals surface area contributed by atoms with Crippen molar-refractivity contribution in [3.63, 3.8) is 0 Å². The molecule has 0 spiro atoms. The molecule has 104 valence electrons. The zero-order chi connectivity index (χ0) is 13.8. The summed E-state index contributed by atoms with van der Waals surface area (Å²) in [5, 5.41) is 4.53. The number of nitrogens with zero attached hydrogens (tertiary/aromatic N) is 3. The molecule has 2 rings (SSSR count). The highest BCUT2D eigenvalue weighted by molar-refractivity contribution is 5.46. The second kappa shape index (κ2) is 6.02. The van der Waals surface area contributed by atoms with Crippen molar-refractivity contribution in [2.75, 3.05) is 7.11 Å². The van der Waals surface area contributed by atoms with Crippen molar-refractivity contribution in [3.05, 3.63) is 23.7 Å². The van der Waals surface area contributed by atoms with Crippen molar-refractivity contribution >= 4 is 0 Å². The number of methoxy groups -OCH3 is 1. The zero-order valence-corrected chi connectivity index (χ0v) is 12.0. The van der Waals surface area contributed by atoms with Crippen LogP contribution in [0, 0.1) is 6.92 Å². The van der Waals surface area contributed by atoms with Crippen molar-refractivity contribution in [1.82, 2.24) is 14.8 Å². The van der Waals surface area contributed by atoms with E-state index < -0.39 is 0 Å². The van der Waals surface area contributed by atoms with Crippen LogP contribution in [-0.2, 0) is 11.3 Å². The minimum atomic E-state index is -0.0242. The molecule has 0 saturated carbocycles. The van der Waals surface area contributed by atoms with E-state index in [0.717, 1.165) is 31.0 Å². The number of aromatic nitrogens is 3. The third kappa shape index (κ3) is 2.87. The summed E-state index contributed by atoms with van der Waals surface area (Å²) in [5.41, 5.74) is 0. The van der Waals surface area contributed by atoms with Crippen LogP contribution in [0.2, 0.25) is 0 Å². The van der Waals surface area contributed by atoms with E-state index in [1.165, 1.54) is 0 Å². The summed E-state index contributed by atoms with van der Waals surface area (Å²) < 4.78 is 13.0. The third-order valence-corrected chi connectivity index (χ3v) is 3.04. The van der Waals surface area contributed by atoms with Crippen molar-refractivity contribution in [2.45, 2.75) is 46.3 Å². The molecule has 19 heavy (non-hydrogen) atoms. The molecule has 1 atom stereocenters. The molecule has 5 nitrogen and oxygen atoms in total. The summed E-state index contributed by atoms with van der Waals surface area (Å²) >= 11 is 0. The fourth-order valence-corrected chi connectivity index (χ4v) is 2.08. The number of hydrogen-bond acceptors (Lipinski definition) is 4. The van der Waals surface area contributed by atoms with E-state index in [1.54, 1.807) is 7.11 Å². The Hall–Kier alpha value is -1.62. The van der Waals surface area contributed by atoms with Gasteiger partial charge in [-0.05, 0) is 31.9 Å². The van der Waals surface area contributed by atoms with Gasteiger partial charge in [0.05, 0.1) is 0 Å².